The van der Waals surface area contributed by atoms with Crippen LogP contribution in [0.1, 0.15) is 0 Å². The molecule has 0 radical (unpaired) electrons. The minimum absolute atomic E-state index is 2.88. The molecule has 0 rings (SSSR count). The summed E-state index contributed by atoms with van der Waals surface area (Å²) in [4.78, 5) is 36.1. The fourth-order valence-electron chi connectivity index (χ4n) is 0.173. The summed E-state index contributed by atoms with van der Waals surface area (Å²) in [6, 6.07) is 0. The minimum atomic E-state index is -5.50. The van der Waals surface area contributed by atoms with Crippen molar-refractivity contribution in [1.82, 2.24) is 0 Å². The van der Waals surface area contributed by atoms with Crippen LogP contribution in [-0.2, 0) is 9.13 Å². The predicted octanol–water partition coefficient (Wildman–Crippen LogP) is -2.66. The van der Waals surface area contributed by atoms with Gasteiger partial charge in [-0.2, -0.15) is 0 Å². The van der Waals surface area contributed by atoms with E-state index < -0.39 is 20.1 Å². The first-order chi connectivity index (χ1) is 4.15. The summed E-state index contributed by atoms with van der Waals surface area (Å²) < 4.78 is 19.5. The fourth-order valence-corrected chi connectivity index (χ4v) is 1.56. The Morgan fingerprint density at radius 2 is 1.20 bits per heavy atom. The van der Waals surface area contributed by atoms with Crippen LogP contribution in [0.5, 0.6) is 0 Å². The molecule has 0 aliphatic heterocycles. The van der Waals surface area contributed by atoms with Crippen LogP contribution < -0.4 is 19.6 Å². The molecule has 10 heavy (non-hydrogen) atoms. The van der Waals surface area contributed by atoms with Crippen LogP contribution in [0.25, 0.3) is 0 Å². The van der Waals surface area contributed by atoms with Gasteiger partial charge < -0.3 is 28.7 Å². The molecule has 0 heterocycles. The van der Waals surface area contributed by atoms with Gasteiger partial charge in [0.05, 0.1) is 4.86 Å². The smallest absolute Gasteiger partial charge is 0.0879 e. The van der Waals surface area contributed by atoms with Crippen LogP contribution in [0, 0.1) is 0 Å². The number of alkyl halides is 1. The van der Waals surface area contributed by atoms with E-state index in [2.05, 4.69) is 11.6 Å². The van der Waals surface area contributed by atoms with Gasteiger partial charge in [0.2, 0.25) is 0 Å². The van der Waals surface area contributed by atoms with Crippen LogP contribution in [0.3, 0.4) is 0 Å². The molecule has 0 aromatic rings. The Hall–Kier alpha value is 0.590. The Bertz CT molecular complexity index is 178. The quantitative estimate of drug-likeness (QED) is 0.358. The predicted molar refractivity (Wildman–Crippen MR) is 24.9 cm³/mol. The molecular formula is CHClO6P2-4. The van der Waals surface area contributed by atoms with Crippen molar-refractivity contribution in [1.29, 1.82) is 0 Å². The highest BCUT2D eigenvalue weighted by atomic mass is 35.5. The van der Waals surface area contributed by atoms with Gasteiger partial charge in [0, 0.05) is 0 Å². The van der Waals surface area contributed by atoms with E-state index >= 15 is 0 Å². The molecule has 0 saturated carbocycles. The summed E-state index contributed by atoms with van der Waals surface area (Å²) in [5.74, 6) is 0. The highest BCUT2D eigenvalue weighted by Gasteiger charge is 2.12. The van der Waals surface area contributed by atoms with Crippen LogP contribution in [-0.4, -0.2) is 4.86 Å². The number of hydrogen-bond donors (Lipinski definition) is 0. The standard InChI is InChI=1S/CH5ClO6P2/c2-1(9(3,4)5)10(6,7)8/h1H,(H2,3,4,5)(H2,6,7,8)/p-4. The third-order valence-electron chi connectivity index (χ3n) is 0.522. The lowest BCUT2D eigenvalue weighted by Gasteiger charge is -2.45. The normalized spacial score (nSPS) is 14.2. The van der Waals surface area contributed by atoms with E-state index in [1.807, 2.05) is 0 Å². The molecule has 0 aromatic heterocycles. The molecular weight excluding hydrogens is 205 g/mol. The molecule has 62 valence electrons. The second kappa shape index (κ2) is 2.91. The van der Waals surface area contributed by atoms with Crippen molar-refractivity contribution in [2.24, 2.45) is 0 Å². The van der Waals surface area contributed by atoms with E-state index in [0.717, 1.165) is 0 Å². The lowest BCUT2D eigenvalue weighted by atomic mass is 11.9. The zero-order valence-electron chi connectivity index (χ0n) is 4.30. The van der Waals surface area contributed by atoms with Crippen molar-refractivity contribution in [3.05, 3.63) is 0 Å². The van der Waals surface area contributed by atoms with Crippen LogP contribution in [0.4, 0.5) is 0 Å². The Morgan fingerprint density at radius 1 is 1.00 bits per heavy atom. The number of rotatable bonds is 2. The molecule has 0 aliphatic rings. The van der Waals surface area contributed by atoms with Gasteiger partial charge in [0.1, 0.15) is 0 Å². The molecule has 0 spiro atoms. The lowest BCUT2D eigenvalue weighted by Crippen LogP contribution is -2.30. The maximum Gasteiger partial charge on any atom is 0.0879 e. The van der Waals surface area contributed by atoms with E-state index in [-0.39, 0.29) is 0 Å². The third-order valence-corrected chi connectivity index (χ3v) is 4.70. The largest absolute Gasteiger partial charge is 0.809 e. The molecule has 0 bridgehead atoms. The van der Waals surface area contributed by atoms with Gasteiger partial charge in [0.15, 0.2) is 0 Å². The van der Waals surface area contributed by atoms with Gasteiger partial charge in [-0.25, -0.2) is 0 Å². The second-order valence-electron chi connectivity index (χ2n) is 1.39. The zero-order chi connectivity index (χ0) is 8.58. The van der Waals surface area contributed by atoms with Crippen molar-refractivity contribution in [3.63, 3.8) is 0 Å². The van der Waals surface area contributed by atoms with Crippen LogP contribution in [0.15, 0.2) is 0 Å². The summed E-state index contributed by atoms with van der Waals surface area (Å²) >= 11 is 4.46. The molecule has 0 amide bonds. The van der Waals surface area contributed by atoms with Gasteiger partial charge in [-0.15, -0.1) is 11.6 Å². The monoisotopic (exact) mass is 206 g/mol. The highest BCUT2D eigenvalue weighted by Crippen LogP contribution is 2.52. The SMILES string of the molecule is O=P([O-])([O-])C(Cl)P(=O)([O-])[O-]. The highest BCUT2D eigenvalue weighted by molar-refractivity contribution is 7.70. The van der Waals surface area contributed by atoms with E-state index in [1.165, 1.54) is 0 Å². The van der Waals surface area contributed by atoms with Crippen molar-refractivity contribution in [2.75, 3.05) is 0 Å². The Morgan fingerprint density at radius 3 is 1.20 bits per heavy atom. The van der Waals surface area contributed by atoms with Crippen molar-refractivity contribution < 1.29 is 28.7 Å². The Kier molecular flexibility index (Phi) is 3.08. The van der Waals surface area contributed by atoms with E-state index in [1.54, 1.807) is 0 Å². The summed E-state index contributed by atoms with van der Waals surface area (Å²) in [6.45, 7) is 0. The number of hydrogen-bond acceptors (Lipinski definition) is 6. The first-order valence-electron chi connectivity index (χ1n) is 1.83. The van der Waals surface area contributed by atoms with Crippen molar-refractivity contribution in [3.8, 4) is 0 Å². The Balaban J connectivity index is 4.56. The van der Waals surface area contributed by atoms with E-state index in [9.17, 15) is 28.7 Å². The van der Waals surface area contributed by atoms with Crippen molar-refractivity contribution in [2.45, 2.75) is 4.86 Å². The average Bonchev–Trinajstić information content (AvgIpc) is 1.59. The van der Waals surface area contributed by atoms with Gasteiger partial charge >= 0.3 is 0 Å². The van der Waals surface area contributed by atoms with Crippen LogP contribution in [0.2, 0.25) is 0 Å². The lowest BCUT2D eigenvalue weighted by molar-refractivity contribution is -0.326. The zero-order valence-corrected chi connectivity index (χ0v) is 6.84. The third kappa shape index (κ3) is 3.12. The molecule has 0 unspecified atom stereocenters. The molecule has 0 saturated heterocycles. The average molecular weight is 206 g/mol. The molecule has 0 N–H and O–H groups in total. The van der Waals surface area contributed by atoms with Gasteiger partial charge in [-0.3, -0.25) is 0 Å². The first-order valence-corrected chi connectivity index (χ1v) is 5.49. The maximum absolute atomic E-state index is 9.75. The molecule has 6 nitrogen and oxygen atoms in total. The molecule has 9 heteroatoms. The first kappa shape index (κ1) is 10.6. The van der Waals surface area contributed by atoms with Crippen LogP contribution >= 0.6 is 26.8 Å². The molecule has 0 atom stereocenters. The minimum Gasteiger partial charge on any atom is -0.809 e. The maximum atomic E-state index is 9.75. The van der Waals surface area contributed by atoms with Gasteiger partial charge in [-0.05, 0) is 15.2 Å². The fraction of sp³-hybridized carbons (Fsp3) is 1.00. The summed E-state index contributed by atoms with van der Waals surface area (Å²) in [7, 11) is -11.0. The summed E-state index contributed by atoms with van der Waals surface area (Å²) in [5, 5.41) is 0. The van der Waals surface area contributed by atoms with Crippen molar-refractivity contribution >= 4 is 26.8 Å². The van der Waals surface area contributed by atoms with E-state index in [0.29, 0.717) is 0 Å². The second-order valence-corrected chi connectivity index (χ2v) is 6.03. The summed E-state index contributed by atoms with van der Waals surface area (Å²) in [6.07, 6.45) is 0. The topological polar surface area (TPSA) is 126 Å². The summed E-state index contributed by atoms with van der Waals surface area (Å²) in [5.41, 5.74) is 0. The van der Waals surface area contributed by atoms with Gasteiger partial charge in [0.25, 0.3) is 0 Å². The Labute approximate surface area is 61.1 Å². The van der Waals surface area contributed by atoms with Gasteiger partial charge in [-0.1, -0.05) is 0 Å². The molecule has 0 aromatic carbocycles. The molecule has 0 aliphatic carbocycles. The number of halogens is 1. The molecule has 0 fully saturated rings. The van der Waals surface area contributed by atoms with E-state index in [4.69, 9.17) is 0 Å².